The monoisotopic (exact) mass is 146 g/mol. The highest BCUT2D eigenvalue weighted by Gasteiger charge is 1.27. The maximum atomic E-state index is 4.51. The van der Waals surface area contributed by atoms with E-state index in [0.717, 1.165) is 0 Å². The summed E-state index contributed by atoms with van der Waals surface area (Å²) in [5.74, 6) is 4.51. The van der Waals surface area contributed by atoms with Crippen molar-refractivity contribution in [3.63, 3.8) is 0 Å². The summed E-state index contributed by atoms with van der Waals surface area (Å²) >= 11 is 2.67. The van der Waals surface area contributed by atoms with Crippen LogP contribution in [0.1, 0.15) is 0 Å². The van der Waals surface area contributed by atoms with Gasteiger partial charge in [-0.05, 0) is 0 Å². The van der Waals surface area contributed by atoms with Gasteiger partial charge in [0.1, 0.15) is 0 Å². The van der Waals surface area contributed by atoms with Gasteiger partial charge in [-0.15, -0.1) is 12.4 Å². The summed E-state index contributed by atoms with van der Waals surface area (Å²) in [5, 5.41) is 0. The molecule has 0 saturated carbocycles. The molecule has 0 aliphatic rings. The molecule has 2 nitrogen and oxygen atoms in total. The topological polar surface area (TPSA) is 38.0 Å². The van der Waals surface area contributed by atoms with Crippen LogP contribution in [0.2, 0.25) is 0 Å². The van der Waals surface area contributed by atoms with E-state index < -0.39 is 0 Å². The molecule has 4 heavy (non-hydrogen) atoms. The molecule has 0 radical (unpaired) electrons. The van der Waals surface area contributed by atoms with Gasteiger partial charge in [-0.3, -0.25) is 5.84 Å². The maximum Gasteiger partial charge on any atom is 0.0250 e. The number of hydrogen-bond donors (Lipinski definition) is 2. The van der Waals surface area contributed by atoms with E-state index in [4.69, 9.17) is 0 Å². The highest BCUT2D eigenvalue weighted by Crippen LogP contribution is 1.43. The van der Waals surface area contributed by atoms with Crippen LogP contribution in [0, 0.1) is 0 Å². The van der Waals surface area contributed by atoms with E-state index in [9.17, 15) is 0 Å². The van der Waals surface area contributed by atoms with Crippen LogP contribution >= 0.6 is 28.6 Å². The first-order chi connectivity index (χ1) is 1.41. The third kappa shape index (κ3) is 16.1. The molecule has 28 valence electrons. The van der Waals surface area contributed by atoms with Crippen molar-refractivity contribution in [1.29, 1.82) is 0 Å². The molecule has 3 N–H and O–H groups in total. The van der Waals surface area contributed by atoms with Gasteiger partial charge in [-0.1, -0.05) is 0 Å². The van der Waals surface area contributed by atoms with Crippen molar-refractivity contribution in [2.75, 3.05) is 0 Å². The summed E-state index contributed by atoms with van der Waals surface area (Å²) in [4.78, 5) is 0. The Labute approximate surface area is 39.5 Å². The molecule has 0 aliphatic carbocycles. The molecule has 0 aliphatic heterocycles. The number of hydrogen-bond acceptors (Lipinski definition) is 2. The van der Waals surface area contributed by atoms with Gasteiger partial charge < -0.3 is 0 Å². The summed E-state index contributed by atoms with van der Waals surface area (Å²) < 4.78 is 2.06. The van der Waals surface area contributed by atoms with E-state index in [0.29, 0.717) is 0 Å². The molecule has 0 heterocycles. The highest BCUT2D eigenvalue weighted by molar-refractivity contribution is 9.08. The molecule has 0 aromatic heterocycles. The molecular formula is H4BrClN2. The molecule has 0 saturated heterocycles. The first kappa shape index (κ1) is 8.83. The molecule has 0 spiro atoms. The fourth-order valence-corrected chi connectivity index (χ4v) is 0. The van der Waals surface area contributed by atoms with Crippen LogP contribution in [0.3, 0.4) is 0 Å². The summed E-state index contributed by atoms with van der Waals surface area (Å²) in [6.07, 6.45) is 0. The Morgan fingerprint density at radius 3 is 1.75 bits per heavy atom. The van der Waals surface area contributed by atoms with Gasteiger partial charge >= 0.3 is 0 Å². The van der Waals surface area contributed by atoms with Gasteiger partial charge in [0.25, 0.3) is 0 Å². The van der Waals surface area contributed by atoms with Crippen molar-refractivity contribution in [2.45, 2.75) is 0 Å². The Balaban J connectivity index is 0. The average Bonchev–Trinajstić information content (AvgIpc) is 0.918. The van der Waals surface area contributed by atoms with E-state index in [2.05, 4.69) is 26.4 Å². The summed E-state index contributed by atoms with van der Waals surface area (Å²) in [5.41, 5.74) is 0. The highest BCUT2D eigenvalue weighted by atomic mass is 79.9. The van der Waals surface area contributed by atoms with Crippen molar-refractivity contribution in [3.8, 4) is 0 Å². The zero-order chi connectivity index (χ0) is 2.71. The predicted octanol–water partition coefficient (Wildman–Crippen LogP) is 0.181. The number of halogens is 2. The lowest BCUT2D eigenvalue weighted by molar-refractivity contribution is 1.15. The standard InChI is InChI=1S/BrH3N2.ClH/c1-3-2;/h3H,2H2;1H. The SMILES string of the molecule is Cl.NNBr. The third-order valence-electron chi connectivity index (χ3n) is 0. The molecular weight excluding hydrogens is 143 g/mol. The van der Waals surface area contributed by atoms with Crippen LogP contribution in [0.25, 0.3) is 0 Å². The van der Waals surface area contributed by atoms with Crippen molar-refractivity contribution >= 4 is 28.6 Å². The number of rotatable bonds is 0. The quantitative estimate of drug-likeness (QED) is 0.291. The Hall–Kier alpha value is 0.690. The number of hydrazine groups is 1. The lowest BCUT2D eigenvalue weighted by Crippen LogP contribution is -2.04. The normalized spacial score (nSPS) is 4.50. The van der Waals surface area contributed by atoms with Crippen LogP contribution in [-0.4, -0.2) is 0 Å². The van der Waals surface area contributed by atoms with Crippen molar-refractivity contribution < 1.29 is 0 Å². The maximum absolute atomic E-state index is 4.51. The van der Waals surface area contributed by atoms with Crippen LogP contribution in [0.15, 0.2) is 0 Å². The van der Waals surface area contributed by atoms with Gasteiger partial charge in [-0.2, -0.15) is 4.45 Å². The van der Waals surface area contributed by atoms with Gasteiger partial charge in [0.15, 0.2) is 0 Å². The number of nitrogens with two attached hydrogens (primary N) is 1. The van der Waals surface area contributed by atoms with E-state index in [1.165, 1.54) is 0 Å². The summed E-state index contributed by atoms with van der Waals surface area (Å²) in [6.45, 7) is 0. The van der Waals surface area contributed by atoms with Gasteiger partial charge in [0.2, 0.25) is 0 Å². The minimum Gasteiger partial charge on any atom is -0.261 e. The molecule has 0 fully saturated rings. The zero-order valence-electron chi connectivity index (χ0n) is 1.86. The van der Waals surface area contributed by atoms with Crippen LogP contribution in [-0.2, 0) is 0 Å². The third-order valence-corrected chi connectivity index (χ3v) is 0. The lowest BCUT2D eigenvalue weighted by atomic mass is 13.0. The minimum absolute atomic E-state index is 0. The van der Waals surface area contributed by atoms with E-state index >= 15 is 0 Å². The lowest BCUT2D eigenvalue weighted by Gasteiger charge is -1.58. The van der Waals surface area contributed by atoms with Crippen LogP contribution in [0.4, 0.5) is 0 Å². The molecule has 0 bridgehead atoms. The van der Waals surface area contributed by atoms with Crippen LogP contribution < -0.4 is 10.3 Å². The molecule has 0 amide bonds. The fraction of sp³-hybridized carbons (Fsp3) is 0. The average molecular weight is 147 g/mol. The van der Waals surface area contributed by atoms with Crippen LogP contribution in [0.5, 0.6) is 0 Å². The van der Waals surface area contributed by atoms with E-state index in [-0.39, 0.29) is 12.4 Å². The Kier molecular flexibility index (Phi) is 20.6. The summed E-state index contributed by atoms with van der Waals surface area (Å²) in [7, 11) is 0. The molecule has 0 unspecified atom stereocenters. The van der Waals surface area contributed by atoms with Crippen molar-refractivity contribution in [2.24, 2.45) is 5.84 Å². The molecule has 0 aromatic rings. The predicted molar refractivity (Wildman–Crippen MR) is 23.5 cm³/mol. The minimum atomic E-state index is 0. The van der Waals surface area contributed by atoms with Gasteiger partial charge in [0.05, 0.1) is 0 Å². The molecule has 0 atom stereocenters. The van der Waals surface area contributed by atoms with Crippen molar-refractivity contribution in [1.82, 2.24) is 4.45 Å². The second kappa shape index (κ2) is 9.35. The second-order valence-electron chi connectivity index (χ2n) is 0.109. The van der Waals surface area contributed by atoms with E-state index in [1.54, 1.807) is 0 Å². The second-order valence-corrected chi connectivity index (χ2v) is 0.567. The largest absolute Gasteiger partial charge is 0.261 e. The van der Waals surface area contributed by atoms with E-state index in [1.807, 2.05) is 0 Å². The zero-order valence-corrected chi connectivity index (χ0v) is 4.27. The van der Waals surface area contributed by atoms with Gasteiger partial charge in [-0.25, -0.2) is 0 Å². The van der Waals surface area contributed by atoms with Crippen molar-refractivity contribution in [3.05, 3.63) is 0 Å². The fourth-order valence-electron chi connectivity index (χ4n) is 0. The Morgan fingerprint density at radius 2 is 1.75 bits per heavy atom. The first-order valence-corrected chi connectivity index (χ1v) is 1.27. The Bertz CT molecular complexity index is 6.00. The molecule has 0 aromatic carbocycles. The first-order valence-electron chi connectivity index (χ1n) is 0.478. The number of nitrogens with one attached hydrogen (secondary N) is 1. The molecule has 4 heteroatoms. The Morgan fingerprint density at radius 1 is 1.75 bits per heavy atom. The smallest absolute Gasteiger partial charge is 0.0250 e. The van der Waals surface area contributed by atoms with Gasteiger partial charge in [0, 0.05) is 16.1 Å². The molecule has 0 rings (SSSR count). The summed E-state index contributed by atoms with van der Waals surface area (Å²) in [6, 6.07) is 0.